The monoisotopic (exact) mass is 376 g/mol. The zero-order valence-corrected chi connectivity index (χ0v) is 15.0. The lowest BCUT2D eigenvalue weighted by atomic mass is 10.2. The Bertz CT molecular complexity index is 1110. The zero-order valence-electron chi connectivity index (χ0n) is 13.3. The van der Waals surface area contributed by atoms with E-state index < -0.39 is 15.7 Å². The summed E-state index contributed by atoms with van der Waals surface area (Å²) < 4.78 is 42.6. The third-order valence-electron chi connectivity index (χ3n) is 3.61. The van der Waals surface area contributed by atoms with E-state index >= 15 is 0 Å². The smallest absolute Gasteiger partial charge is 0.175 e. The van der Waals surface area contributed by atoms with E-state index in [0.29, 0.717) is 26.4 Å². The topological polar surface area (TPSA) is 82.9 Å². The van der Waals surface area contributed by atoms with Crippen molar-refractivity contribution in [1.82, 2.24) is 4.98 Å². The summed E-state index contributed by atoms with van der Waals surface area (Å²) >= 11 is 1.10. The summed E-state index contributed by atoms with van der Waals surface area (Å²) in [4.78, 5) is 3.93. The van der Waals surface area contributed by atoms with Gasteiger partial charge in [0.25, 0.3) is 0 Å². The number of aromatic amines is 1. The first-order valence-corrected chi connectivity index (χ1v) is 9.81. The highest BCUT2D eigenvalue weighted by molar-refractivity contribution is 7.99. The van der Waals surface area contributed by atoms with Gasteiger partial charge in [-0.05, 0) is 24.3 Å². The Labute approximate surface area is 148 Å². The number of nitriles is 1. The highest BCUT2D eigenvalue weighted by Gasteiger charge is 2.17. The minimum absolute atomic E-state index is 0.151. The fourth-order valence-electron chi connectivity index (χ4n) is 2.37. The van der Waals surface area contributed by atoms with Crippen molar-refractivity contribution in [3.05, 3.63) is 47.9 Å². The predicted molar refractivity (Wildman–Crippen MR) is 93.2 cm³/mol. The number of rotatable bonds is 4. The van der Waals surface area contributed by atoms with Crippen LogP contribution in [0.1, 0.15) is 5.69 Å². The molecule has 0 saturated heterocycles. The molecule has 1 aromatic heterocycles. The summed E-state index contributed by atoms with van der Waals surface area (Å²) in [5, 5.41) is 10.0. The summed E-state index contributed by atoms with van der Waals surface area (Å²) in [5.41, 5.74) is 0.761. The first-order chi connectivity index (χ1) is 11.8. The van der Waals surface area contributed by atoms with Gasteiger partial charge in [-0.15, -0.1) is 0 Å². The van der Waals surface area contributed by atoms with Gasteiger partial charge in [-0.3, -0.25) is 0 Å². The predicted octanol–water partition coefficient (Wildman–Crippen LogP) is 3.74. The van der Waals surface area contributed by atoms with Crippen LogP contribution in [0, 0.1) is 17.1 Å². The lowest BCUT2D eigenvalue weighted by molar-refractivity contribution is 0.410. The number of H-pyrrole nitrogens is 1. The number of hydrogen-bond donors (Lipinski definition) is 1. The van der Waals surface area contributed by atoms with E-state index in [0.717, 1.165) is 18.0 Å². The first kappa shape index (κ1) is 17.3. The van der Waals surface area contributed by atoms with Crippen molar-refractivity contribution in [1.29, 1.82) is 5.26 Å². The van der Waals surface area contributed by atoms with Crippen LogP contribution in [-0.2, 0) is 9.84 Å². The maximum absolute atomic E-state index is 14.2. The van der Waals surface area contributed by atoms with Gasteiger partial charge in [0.05, 0.1) is 16.9 Å². The van der Waals surface area contributed by atoms with E-state index in [2.05, 4.69) is 4.98 Å². The normalized spacial score (nSPS) is 11.4. The highest BCUT2D eigenvalue weighted by Crippen LogP contribution is 2.38. The molecule has 0 atom stereocenters. The Balaban J connectivity index is 2.11. The van der Waals surface area contributed by atoms with Gasteiger partial charge < -0.3 is 9.72 Å². The van der Waals surface area contributed by atoms with Crippen LogP contribution in [0.5, 0.6) is 5.75 Å². The van der Waals surface area contributed by atoms with Gasteiger partial charge in [-0.2, -0.15) is 5.26 Å². The van der Waals surface area contributed by atoms with E-state index in [1.807, 2.05) is 6.07 Å². The molecule has 0 fully saturated rings. The summed E-state index contributed by atoms with van der Waals surface area (Å²) in [5.74, 6) is -0.0607. The fourth-order valence-corrected chi connectivity index (χ4v) is 4.01. The number of hydrogen-bond acceptors (Lipinski definition) is 5. The van der Waals surface area contributed by atoms with E-state index in [1.165, 1.54) is 25.3 Å². The number of aromatic nitrogens is 1. The lowest BCUT2D eigenvalue weighted by Gasteiger charge is -2.05. The number of ether oxygens (including phenoxy) is 1. The Morgan fingerprint density at radius 2 is 2.00 bits per heavy atom. The van der Waals surface area contributed by atoms with Crippen LogP contribution in [0.3, 0.4) is 0 Å². The average molecular weight is 376 g/mol. The van der Waals surface area contributed by atoms with Crippen molar-refractivity contribution in [2.45, 2.75) is 14.7 Å². The molecule has 0 spiro atoms. The van der Waals surface area contributed by atoms with Crippen LogP contribution in [0.2, 0.25) is 0 Å². The second-order valence-electron chi connectivity index (χ2n) is 5.32. The Kier molecular flexibility index (Phi) is 4.45. The van der Waals surface area contributed by atoms with Crippen LogP contribution < -0.4 is 4.74 Å². The third kappa shape index (κ3) is 3.34. The number of fused-ring (bicyclic) bond motifs is 1. The third-order valence-corrected chi connectivity index (χ3v) is 5.90. The molecule has 1 N–H and O–H groups in total. The van der Waals surface area contributed by atoms with E-state index in [4.69, 9.17) is 4.74 Å². The molecule has 3 rings (SSSR count). The molecule has 0 amide bonds. The van der Waals surface area contributed by atoms with Gasteiger partial charge >= 0.3 is 0 Å². The molecule has 128 valence electrons. The molecule has 0 aliphatic rings. The number of nitrogens with zero attached hydrogens (tertiary/aromatic N) is 1. The summed E-state index contributed by atoms with van der Waals surface area (Å²) in [6, 6.07) is 11.1. The zero-order chi connectivity index (χ0) is 18.2. The van der Waals surface area contributed by atoms with Crippen molar-refractivity contribution in [2.75, 3.05) is 13.4 Å². The van der Waals surface area contributed by atoms with Crippen LogP contribution in [-0.4, -0.2) is 26.8 Å². The molecule has 8 heteroatoms. The van der Waals surface area contributed by atoms with Gasteiger partial charge in [-0.25, -0.2) is 12.8 Å². The number of sulfone groups is 1. The summed E-state index contributed by atoms with van der Waals surface area (Å²) in [7, 11) is -1.91. The molecule has 0 aliphatic carbocycles. The van der Waals surface area contributed by atoms with Crippen molar-refractivity contribution < 1.29 is 17.5 Å². The van der Waals surface area contributed by atoms with E-state index in [9.17, 15) is 18.1 Å². The molecular weight excluding hydrogens is 363 g/mol. The molecule has 3 aromatic rings. The number of methoxy groups -OCH3 is 1. The Hall–Kier alpha value is -2.50. The molecule has 1 heterocycles. The molecule has 0 radical (unpaired) electrons. The largest absolute Gasteiger partial charge is 0.497 e. The van der Waals surface area contributed by atoms with Gasteiger partial charge in [0, 0.05) is 28.1 Å². The Morgan fingerprint density at radius 1 is 1.24 bits per heavy atom. The summed E-state index contributed by atoms with van der Waals surface area (Å²) in [6.07, 6.45) is 1.12. The number of benzene rings is 2. The maximum atomic E-state index is 14.2. The molecule has 0 aliphatic heterocycles. The molecule has 5 nitrogen and oxygen atoms in total. The van der Waals surface area contributed by atoms with E-state index in [1.54, 1.807) is 18.2 Å². The first-order valence-electron chi connectivity index (χ1n) is 7.10. The molecule has 0 bridgehead atoms. The van der Waals surface area contributed by atoms with Gasteiger partial charge in [-0.1, -0.05) is 17.8 Å². The van der Waals surface area contributed by atoms with Crippen molar-refractivity contribution in [3.63, 3.8) is 0 Å². The van der Waals surface area contributed by atoms with Crippen LogP contribution >= 0.6 is 11.8 Å². The van der Waals surface area contributed by atoms with Crippen molar-refractivity contribution in [2.24, 2.45) is 0 Å². The highest BCUT2D eigenvalue weighted by atomic mass is 32.2. The standard InChI is InChI=1S/C17H13FN2O3S2/c1-23-10-3-6-16(13(18)7-10)24-17-12-5-4-11(25(2,21)22)8-14(12)20-15(17)9-19/h3-8,20H,1-2H3. The van der Waals surface area contributed by atoms with Gasteiger partial charge in [0.1, 0.15) is 23.3 Å². The second kappa shape index (κ2) is 6.43. The van der Waals surface area contributed by atoms with Crippen LogP contribution in [0.25, 0.3) is 10.9 Å². The minimum atomic E-state index is -3.36. The average Bonchev–Trinajstić information content (AvgIpc) is 2.92. The van der Waals surface area contributed by atoms with Crippen LogP contribution in [0.15, 0.2) is 51.1 Å². The SMILES string of the molecule is COc1ccc(Sc2c(C#N)[nH]c3cc(S(C)(=O)=O)ccc23)c(F)c1. The van der Waals surface area contributed by atoms with Gasteiger partial charge in [0.15, 0.2) is 9.84 Å². The second-order valence-corrected chi connectivity index (χ2v) is 8.39. The molecular formula is C17H13FN2O3S2. The lowest BCUT2D eigenvalue weighted by Crippen LogP contribution is -1.96. The minimum Gasteiger partial charge on any atom is -0.497 e. The molecule has 0 unspecified atom stereocenters. The number of halogens is 1. The number of nitrogens with one attached hydrogen (secondary N) is 1. The van der Waals surface area contributed by atoms with Gasteiger partial charge in [0.2, 0.25) is 0 Å². The Morgan fingerprint density at radius 3 is 2.60 bits per heavy atom. The van der Waals surface area contributed by atoms with Crippen molar-refractivity contribution >= 4 is 32.5 Å². The molecule has 25 heavy (non-hydrogen) atoms. The van der Waals surface area contributed by atoms with E-state index in [-0.39, 0.29) is 10.6 Å². The summed E-state index contributed by atoms with van der Waals surface area (Å²) in [6.45, 7) is 0. The fraction of sp³-hybridized carbons (Fsp3) is 0.118. The van der Waals surface area contributed by atoms with Crippen molar-refractivity contribution in [3.8, 4) is 11.8 Å². The maximum Gasteiger partial charge on any atom is 0.175 e. The quantitative estimate of drug-likeness (QED) is 0.750. The molecule has 2 aromatic carbocycles. The molecule has 0 saturated carbocycles. The van der Waals surface area contributed by atoms with Crippen LogP contribution in [0.4, 0.5) is 4.39 Å².